The highest BCUT2D eigenvalue weighted by atomic mass is 32.1. The number of alkyl halides is 3. The summed E-state index contributed by atoms with van der Waals surface area (Å²) in [5, 5.41) is 0.877. The third kappa shape index (κ3) is 4.36. The van der Waals surface area contributed by atoms with Gasteiger partial charge < -0.3 is 9.64 Å². The molecule has 29 heavy (non-hydrogen) atoms. The molecule has 3 aromatic rings. The van der Waals surface area contributed by atoms with Crippen LogP contribution in [-0.4, -0.2) is 26.3 Å². The number of benzene rings is 2. The van der Waals surface area contributed by atoms with Crippen molar-refractivity contribution in [3.05, 3.63) is 76.5 Å². The number of halogens is 3. The molecule has 0 aliphatic carbocycles. The minimum Gasteiger partial charge on any atom is -0.378 e. The molecule has 1 fully saturated rings. The first-order valence-corrected chi connectivity index (χ1v) is 9.98. The number of nitrogens with zero attached hydrogens (tertiary/aromatic N) is 1. The monoisotopic (exact) mass is 417 g/mol. The molecule has 0 N–H and O–H groups in total. The van der Waals surface area contributed by atoms with Gasteiger partial charge in [-0.25, -0.2) is 0 Å². The highest BCUT2D eigenvalue weighted by Crippen LogP contribution is 2.38. The average Bonchev–Trinajstić information content (AvgIpc) is 2.73. The zero-order valence-corrected chi connectivity index (χ0v) is 16.2. The van der Waals surface area contributed by atoms with E-state index in [1.165, 1.54) is 23.5 Å². The maximum atomic E-state index is 13.3. The van der Waals surface area contributed by atoms with Gasteiger partial charge in [0, 0.05) is 30.1 Å². The van der Waals surface area contributed by atoms with Crippen LogP contribution in [0, 0.1) is 0 Å². The fourth-order valence-electron chi connectivity index (χ4n) is 3.34. The number of hydrogen-bond donors (Lipinski definition) is 0. The van der Waals surface area contributed by atoms with E-state index in [1.54, 1.807) is 42.5 Å². The van der Waals surface area contributed by atoms with Crippen LogP contribution in [0.15, 0.2) is 65.5 Å². The molecule has 7 heteroatoms. The van der Waals surface area contributed by atoms with Crippen molar-refractivity contribution in [2.45, 2.75) is 6.18 Å². The van der Waals surface area contributed by atoms with Gasteiger partial charge in [-0.05, 0) is 22.8 Å². The van der Waals surface area contributed by atoms with Crippen molar-refractivity contribution in [1.29, 1.82) is 0 Å². The van der Waals surface area contributed by atoms with Crippen molar-refractivity contribution in [2.24, 2.45) is 0 Å². The molecule has 1 aliphatic heterocycles. The number of anilines is 1. The molecule has 0 radical (unpaired) electrons. The van der Waals surface area contributed by atoms with Crippen molar-refractivity contribution >= 4 is 16.3 Å². The van der Waals surface area contributed by atoms with Crippen molar-refractivity contribution in [1.82, 2.24) is 0 Å². The predicted molar refractivity (Wildman–Crippen MR) is 109 cm³/mol. The van der Waals surface area contributed by atoms with Gasteiger partial charge in [0.25, 0.3) is 0 Å². The summed E-state index contributed by atoms with van der Waals surface area (Å²) in [6, 6.07) is 15.6. The van der Waals surface area contributed by atoms with Gasteiger partial charge in [-0.15, -0.1) is 11.3 Å². The van der Waals surface area contributed by atoms with Crippen LogP contribution in [0.25, 0.3) is 21.6 Å². The molecule has 150 valence electrons. The molecular weight excluding hydrogens is 399 g/mol. The van der Waals surface area contributed by atoms with Crippen LogP contribution in [0.5, 0.6) is 0 Å². The van der Waals surface area contributed by atoms with Gasteiger partial charge in [0.05, 0.1) is 23.8 Å². The highest BCUT2D eigenvalue weighted by Gasteiger charge is 2.33. The van der Waals surface area contributed by atoms with E-state index in [9.17, 15) is 18.0 Å². The Balaban J connectivity index is 1.67. The van der Waals surface area contributed by atoms with Crippen molar-refractivity contribution in [3.8, 4) is 21.6 Å². The molecule has 1 aromatic heterocycles. The smallest absolute Gasteiger partial charge is 0.378 e. The summed E-state index contributed by atoms with van der Waals surface area (Å²) in [5.74, 6) is 0. The van der Waals surface area contributed by atoms with E-state index in [2.05, 4.69) is 4.90 Å². The zero-order chi connectivity index (χ0) is 20.4. The topological polar surface area (TPSA) is 29.5 Å². The van der Waals surface area contributed by atoms with Gasteiger partial charge in [-0.1, -0.05) is 42.5 Å². The first-order chi connectivity index (χ1) is 13.9. The summed E-state index contributed by atoms with van der Waals surface area (Å²) in [5.41, 5.74) is 0.675. The van der Waals surface area contributed by atoms with E-state index >= 15 is 0 Å². The van der Waals surface area contributed by atoms with Gasteiger partial charge >= 0.3 is 6.18 Å². The first-order valence-electron chi connectivity index (χ1n) is 9.17. The number of ether oxygens (including phenoxy) is 1. The van der Waals surface area contributed by atoms with E-state index in [1.807, 2.05) is 0 Å². The van der Waals surface area contributed by atoms with Gasteiger partial charge in [0.1, 0.15) is 0 Å². The molecule has 0 spiro atoms. The van der Waals surface area contributed by atoms with Crippen LogP contribution in [0.1, 0.15) is 5.56 Å². The van der Waals surface area contributed by atoms with Crippen LogP contribution in [0.2, 0.25) is 0 Å². The van der Waals surface area contributed by atoms with E-state index in [4.69, 9.17) is 4.74 Å². The summed E-state index contributed by atoms with van der Waals surface area (Å²) in [6.45, 7) is 2.70. The quantitative estimate of drug-likeness (QED) is 0.579. The number of hydrogen-bond acceptors (Lipinski definition) is 4. The minimum absolute atomic E-state index is 0.0910. The van der Waals surface area contributed by atoms with Crippen LogP contribution in [0.4, 0.5) is 18.2 Å². The maximum absolute atomic E-state index is 13.3. The second-order valence-corrected chi connectivity index (χ2v) is 7.78. The third-order valence-corrected chi connectivity index (χ3v) is 5.95. The summed E-state index contributed by atoms with van der Waals surface area (Å²) in [7, 11) is 0. The minimum atomic E-state index is -4.42. The number of morpholine rings is 1. The summed E-state index contributed by atoms with van der Waals surface area (Å²) >= 11 is 1.50. The molecule has 0 saturated carbocycles. The Morgan fingerprint density at radius 1 is 0.897 bits per heavy atom. The molecule has 2 aromatic carbocycles. The molecule has 3 nitrogen and oxygen atoms in total. The molecule has 1 aliphatic rings. The molecule has 0 atom stereocenters. The molecular formula is C22H18F3NO2S. The van der Waals surface area contributed by atoms with E-state index in [0.717, 1.165) is 34.6 Å². The molecule has 0 unspecified atom stereocenters. The van der Waals surface area contributed by atoms with Crippen LogP contribution in [-0.2, 0) is 10.9 Å². The lowest BCUT2D eigenvalue weighted by Crippen LogP contribution is -2.36. The highest BCUT2D eigenvalue weighted by molar-refractivity contribution is 7.19. The van der Waals surface area contributed by atoms with Crippen LogP contribution >= 0.6 is 11.3 Å². The fourth-order valence-corrected chi connectivity index (χ4v) is 4.48. The van der Waals surface area contributed by atoms with Crippen molar-refractivity contribution < 1.29 is 17.9 Å². The van der Waals surface area contributed by atoms with Gasteiger partial charge in [-0.3, -0.25) is 4.79 Å². The van der Waals surface area contributed by atoms with E-state index in [-0.39, 0.29) is 11.0 Å². The Morgan fingerprint density at radius 2 is 1.55 bits per heavy atom. The predicted octanol–water partition coefficient (Wildman–Crippen LogP) is 5.30. The van der Waals surface area contributed by atoms with E-state index in [0.29, 0.717) is 18.8 Å². The van der Waals surface area contributed by atoms with Gasteiger partial charge in [-0.2, -0.15) is 13.2 Å². The Hall–Kier alpha value is -2.64. The van der Waals surface area contributed by atoms with Crippen LogP contribution < -0.4 is 10.3 Å². The van der Waals surface area contributed by atoms with E-state index < -0.39 is 11.7 Å². The maximum Gasteiger partial charge on any atom is 0.417 e. The molecule has 4 rings (SSSR count). The van der Waals surface area contributed by atoms with Crippen LogP contribution in [0.3, 0.4) is 0 Å². The molecule has 2 heterocycles. The molecule has 1 saturated heterocycles. The second-order valence-electron chi connectivity index (χ2n) is 6.72. The van der Waals surface area contributed by atoms with Crippen molar-refractivity contribution in [2.75, 3.05) is 31.2 Å². The Bertz CT molecular complexity index is 1050. The lowest BCUT2D eigenvalue weighted by Gasteiger charge is -2.28. The lowest BCUT2D eigenvalue weighted by atomic mass is 9.98. The standard InChI is InChI=1S/C22H18F3NO2S/c23-22(24,25)19-4-2-1-3-18(19)15-5-7-16(8-6-15)20-13-17(27)14-21(29-20)26-9-11-28-12-10-26/h1-8,13-14H,9-12H2. The molecule has 0 amide bonds. The number of rotatable bonds is 3. The fraction of sp³-hybridized carbons (Fsp3) is 0.227. The Morgan fingerprint density at radius 3 is 2.24 bits per heavy atom. The summed E-state index contributed by atoms with van der Waals surface area (Å²) in [4.78, 5) is 15.1. The summed E-state index contributed by atoms with van der Waals surface area (Å²) in [6.07, 6.45) is -4.42. The Labute approximate surface area is 170 Å². The van der Waals surface area contributed by atoms with Gasteiger partial charge in [0.2, 0.25) is 0 Å². The molecule has 0 bridgehead atoms. The second kappa shape index (κ2) is 8.00. The Kier molecular flexibility index (Phi) is 5.43. The van der Waals surface area contributed by atoms with Crippen molar-refractivity contribution in [3.63, 3.8) is 0 Å². The lowest BCUT2D eigenvalue weighted by molar-refractivity contribution is -0.137. The SMILES string of the molecule is O=c1cc(-c2ccc(-c3ccccc3C(F)(F)F)cc2)sc(N2CCOCC2)c1. The normalized spacial score (nSPS) is 14.8. The van der Waals surface area contributed by atoms with Gasteiger partial charge in [0.15, 0.2) is 5.43 Å². The summed E-state index contributed by atoms with van der Waals surface area (Å²) < 4.78 is 45.3. The largest absolute Gasteiger partial charge is 0.417 e. The average molecular weight is 417 g/mol. The first kappa shape index (κ1) is 19.7. The third-order valence-electron chi connectivity index (χ3n) is 4.79. The zero-order valence-electron chi connectivity index (χ0n) is 15.4.